The SMILES string of the molecule is Cc1cc(CO)cc(S(=O)(=O)NC2CCCCC2)c1C. The Morgan fingerprint density at radius 3 is 2.45 bits per heavy atom. The normalized spacial score (nSPS) is 17.4. The van der Waals surface area contributed by atoms with Crippen molar-refractivity contribution in [3.05, 3.63) is 28.8 Å². The molecule has 2 rings (SSSR count). The lowest BCUT2D eigenvalue weighted by atomic mass is 9.96. The number of sulfonamides is 1. The lowest BCUT2D eigenvalue weighted by Crippen LogP contribution is -2.36. The molecule has 112 valence electrons. The second-order valence-corrected chi connectivity index (χ2v) is 7.33. The van der Waals surface area contributed by atoms with Crippen molar-refractivity contribution in [2.24, 2.45) is 0 Å². The fourth-order valence-corrected chi connectivity index (χ4v) is 4.44. The van der Waals surface area contributed by atoms with E-state index < -0.39 is 10.0 Å². The van der Waals surface area contributed by atoms with Gasteiger partial charge in [-0.1, -0.05) is 25.3 Å². The van der Waals surface area contributed by atoms with Gasteiger partial charge in [0.05, 0.1) is 11.5 Å². The predicted molar refractivity (Wildman–Crippen MR) is 79.0 cm³/mol. The molecule has 0 bridgehead atoms. The molecule has 0 aromatic heterocycles. The molecule has 5 heteroatoms. The van der Waals surface area contributed by atoms with Crippen molar-refractivity contribution < 1.29 is 13.5 Å². The molecule has 1 aromatic carbocycles. The number of rotatable bonds is 4. The number of benzene rings is 1. The molecule has 0 amide bonds. The van der Waals surface area contributed by atoms with Crippen LogP contribution in [0, 0.1) is 13.8 Å². The van der Waals surface area contributed by atoms with Crippen molar-refractivity contribution in [3.8, 4) is 0 Å². The zero-order chi connectivity index (χ0) is 14.8. The summed E-state index contributed by atoms with van der Waals surface area (Å²) in [7, 11) is -3.51. The molecule has 20 heavy (non-hydrogen) atoms. The van der Waals surface area contributed by atoms with Crippen LogP contribution in [0.1, 0.15) is 48.8 Å². The maximum Gasteiger partial charge on any atom is 0.241 e. The van der Waals surface area contributed by atoms with E-state index in [0.29, 0.717) is 10.5 Å². The smallest absolute Gasteiger partial charge is 0.241 e. The van der Waals surface area contributed by atoms with Crippen LogP contribution in [0.15, 0.2) is 17.0 Å². The Kier molecular flexibility index (Phi) is 4.83. The molecule has 0 unspecified atom stereocenters. The van der Waals surface area contributed by atoms with Crippen LogP contribution in [0.3, 0.4) is 0 Å². The van der Waals surface area contributed by atoms with Gasteiger partial charge in [-0.15, -0.1) is 0 Å². The summed E-state index contributed by atoms with van der Waals surface area (Å²) < 4.78 is 27.9. The topological polar surface area (TPSA) is 66.4 Å². The third kappa shape index (κ3) is 3.40. The molecule has 0 aliphatic heterocycles. The van der Waals surface area contributed by atoms with Crippen LogP contribution < -0.4 is 4.72 Å². The van der Waals surface area contributed by atoms with E-state index in [4.69, 9.17) is 0 Å². The summed E-state index contributed by atoms with van der Waals surface area (Å²) in [5, 5.41) is 9.25. The molecule has 4 nitrogen and oxygen atoms in total. The molecule has 0 radical (unpaired) electrons. The highest BCUT2D eigenvalue weighted by Crippen LogP contribution is 2.24. The number of hydrogen-bond acceptors (Lipinski definition) is 3. The minimum atomic E-state index is -3.51. The van der Waals surface area contributed by atoms with E-state index in [1.54, 1.807) is 6.07 Å². The first-order valence-electron chi connectivity index (χ1n) is 7.17. The van der Waals surface area contributed by atoms with Crippen LogP contribution in [-0.2, 0) is 16.6 Å². The third-order valence-electron chi connectivity index (χ3n) is 4.08. The van der Waals surface area contributed by atoms with Crippen LogP contribution in [0.4, 0.5) is 0 Å². The van der Waals surface area contributed by atoms with E-state index in [-0.39, 0.29) is 12.6 Å². The van der Waals surface area contributed by atoms with Crippen LogP contribution >= 0.6 is 0 Å². The highest BCUT2D eigenvalue weighted by molar-refractivity contribution is 7.89. The molecule has 2 N–H and O–H groups in total. The Morgan fingerprint density at radius 1 is 1.20 bits per heavy atom. The van der Waals surface area contributed by atoms with Crippen molar-refractivity contribution in [1.82, 2.24) is 4.72 Å². The van der Waals surface area contributed by atoms with Crippen molar-refractivity contribution in [2.75, 3.05) is 0 Å². The number of aryl methyl sites for hydroxylation is 1. The molecular formula is C15H23NO3S. The lowest BCUT2D eigenvalue weighted by Gasteiger charge is -2.23. The van der Waals surface area contributed by atoms with Gasteiger partial charge in [0.2, 0.25) is 10.0 Å². The summed E-state index contributed by atoms with van der Waals surface area (Å²) in [6.07, 6.45) is 5.19. The Bertz CT molecular complexity index is 575. The van der Waals surface area contributed by atoms with E-state index >= 15 is 0 Å². The Balaban J connectivity index is 2.30. The quantitative estimate of drug-likeness (QED) is 0.897. The molecule has 0 heterocycles. The lowest BCUT2D eigenvalue weighted by molar-refractivity contribution is 0.281. The highest BCUT2D eigenvalue weighted by Gasteiger charge is 2.24. The molecule has 1 aliphatic carbocycles. The van der Waals surface area contributed by atoms with Crippen LogP contribution in [0.2, 0.25) is 0 Å². The standard InChI is InChI=1S/C15H23NO3S/c1-11-8-13(10-17)9-15(12(11)2)20(18,19)16-14-6-4-3-5-7-14/h8-9,14,16-17H,3-7,10H2,1-2H3. The van der Waals surface area contributed by atoms with Crippen molar-refractivity contribution in [2.45, 2.75) is 63.5 Å². The average molecular weight is 297 g/mol. The molecule has 1 aliphatic rings. The van der Waals surface area contributed by atoms with Gasteiger partial charge in [-0.3, -0.25) is 0 Å². The van der Waals surface area contributed by atoms with Gasteiger partial charge < -0.3 is 5.11 Å². The summed E-state index contributed by atoms with van der Waals surface area (Å²) in [4.78, 5) is 0.298. The number of nitrogens with one attached hydrogen (secondary N) is 1. The van der Waals surface area contributed by atoms with Gasteiger partial charge in [0.15, 0.2) is 0 Å². The van der Waals surface area contributed by atoms with Gasteiger partial charge in [-0.2, -0.15) is 0 Å². The molecule has 0 atom stereocenters. The molecule has 0 saturated heterocycles. The van der Waals surface area contributed by atoms with Gasteiger partial charge in [0.25, 0.3) is 0 Å². The maximum atomic E-state index is 12.5. The minimum absolute atomic E-state index is 0.0474. The molecular weight excluding hydrogens is 274 g/mol. The van der Waals surface area contributed by atoms with Crippen molar-refractivity contribution in [3.63, 3.8) is 0 Å². The zero-order valence-electron chi connectivity index (χ0n) is 12.1. The van der Waals surface area contributed by atoms with Crippen molar-refractivity contribution >= 4 is 10.0 Å². The first-order valence-corrected chi connectivity index (χ1v) is 8.65. The summed E-state index contributed by atoms with van der Waals surface area (Å²) in [6, 6.07) is 3.45. The van der Waals surface area contributed by atoms with Gasteiger partial charge >= 0.3 is 0 Å². The van der Waals surface area contributed by atoms with Crippen LogP contribution in [0.25, 0.3) is 0 Å². The van der Waals surface area contributed by atoms with Crippen LogP contribution in [-0.4, -0.2) is 19.6 Å². The van der Waals surface area contributed by atoms with Gasteiger partial charge in [0, 0.05) is 6.04 Å². The number of aliphatic hydroxyl groups is 1. The van der Waals surface area contributed by atoms with Crippen molar-refractivity contribution in [1.29, 1.82) is 0 Å². The maximum absolute atomic E-state index is 12.5. The molecule has 1 fully saturated rings. The van der Waals surface area contributed by atoms with Gasteiger partial charge in [-0.05, 0) is 49.4 Å². The zero-order valence-corrected chi connectivity index (χ0v) is 13.0. The average Bonchev–Trinajstić information content (AvgIpc) is 2.42. The number of aliphatic hydroxyl groups excluding tert-OH is 1. The monoisotopic (exact) mass is 297 g/mol. The van der Waals surface area contributed by atoms with Crippen LogP contribution in [0.5, 0.6) is 0 Å². The third-order valence-corrected chi connectivity index (χ3v) is 5.73. The largest absolute Gasteiger partial charge is 0.392 e. The summed E-state index contributed by atoms with van der Waals surface area (Å²) in [6.45, 7) is 3.53. The second kappa shape index (κ2) is 6.24. The molecule has 1 saturated carbocycles. The highest BCUT2D eigenvalue weighted by atomic mass is 32.2. The summed E-state index contributed by atoms with van der Waals surface area (Å²) in [5.41, 5.74) is 2.28. The van der Waals surface area contributed by atoms with E-state index in [0.717, 1.165) is 36.8 Å². The Labute approximate surface area is 121 Å². The molecule has 1 aromatic rings. The first-order chi connectivity index (χ1) is 9.44. The fourth-order valence-electron chi connectivity index (χ4n) is 2.77. The first kappa shape index (κ1) is 15.5. The summed E-state index contributed by atoms with van der Waals surface area (Å²) in [5.74, 6) is 0. The summed E-state index contributed by atoms with van der Waals surface area (Å²) >= 11 is 0. The van der Waals surface area contributed by atoms with Gasteiger partial charge in [-0.25, -0.2) is 13.1 Å². The minimum Gasteiger partial charge on any atom is -0.392 e. The number of hydrogen-bond donors (Lipinski definition) is 2. The van der Waals surface area contributed by atoms with E-state index in [9.17, 15) is 13.5 Å². The Hall–Kier alpha value is -0.910. The molecule has 0 spiro atoms. The van der Waals surface area contributed by atoms with E-state index in [2.05, 4.69) is 4.72 Å². The van der Waals surface area contributed by atoms with E-state index in [1.165, 1.54) is 6.42 Å². The van der Waals surface area contributed by atoms with Gasteiger partial charge in [0.1, 0.15) is 0 Å². The van der Waals surface area contributed by atoms with E-state index in [1.807, 2.05) is 19.9 Å². The fraction of sp³-hybridized carbons (Fsp3) is 0.600. The Morgan fingerprint density at radius 2 is 1.85 bits per heavy atom. The predicted octanol–water partition coefficient (Wildman–Crippen LogP) is 2.41. The second-order valence-electron chi connectivity index (χ2n) is 5.65.